The summed E-state index contributed by atoms with van der Waals surface area (Å²) in [6.07, 6.45) is 10.3. The highest BCUT2D eigenvalue weighted by Crippen LogP contribution is 2.28. The molecule has 0 aromatic heterocycles. The quantitative estimate of drug-likeness (QED) is 0.470. The number of hydrogen-bond acceptors (Lipinski definition) is 5. The number of nitrogens with one attached hydrogen (secondary N) is 1. The number of rotatable bonds is 13. The summed E-state index contributed by atoms with van der Waals surface area (Å²) in [4.78, 5) is 12.6. The van der Waals surface area contributed by atoms with Gasteiger partial charge in [-0.15, -0.1) is 12.8 Å². The number of carbonyl (C=O) groups is 1. The van der Waals surface area contributed by atoms with Crippen LogP contribution in [0.2, 0.25) is 5.02 Å². The molecule has 2 aromatic rings. The van der Waals surface area contributed by atoms with Crippen LogP contribution in [0, 0.1) is 24.7 Å². The van der Waals surface area contributed by atoms with Gasteiger partial charge in [0.1, 0.15) is 13.2 Å². The number of terminal acetylenes is 2. The monoisotopic (exact) mass is 455 g/mol. The first-order chi connectivity index (χ1) is 15.6. The van der Waals surface area contributed by atoms with Gasteiger partial charge in [0.25, 0.3) is 5.91 Å². The van der Waals surface area contributed by atoms with Crippen LogP contribution in [0.15, 0.2) is 42.5 Å². The van der Waals surface area contributed by atoms with Crippen molar-refractivity contribution in [1.82, 2.24) is 5.32 Å². The molecule has 1 unspecified atom stereocenters. The third-order valence-electron chi connectivity index (χ3n) is 4.36. The summed E-state index contributed by atoms with van der Waals surface area (Å²) in [6.45, 7) is 0.975. The maximum absolute atomic E-state index is 12.6. The van der Waals surface area contributed by atoms with Gasteiger partial charge in [0.2, 0.25) is 0 Å². The average Bonchev–Trinajstić information content (AvgIpc) is 2.81. The Labute approximate surface area is 194 Å². The molecule has 2 aromatic carbocycles. The second-order valence-corrected chi connectivity index (χ2v) is 7.10. The summed E-state index contributed by atoms with van der Waals surface area (Å²) >= 11 is 5.88. The summed E-state index contributed by atoms with van der Waals surface area (Å²) < 4.78 is 21.9. The lowest BCUT2D eigenvalue weighted by Crippen LogP contribution is -2.40. The Morgan fingerprint density at radius 3 is 2.47 bits per heavy atom. The number of halogens is 1. The van der Waals surface area contributed by atoms with E-state index in [1.807, 2.05) is 24.3 Å². The Hall–Kier alpha value is -3.16. The van der Waals surface area contributed by atoms with Gasteiger partial charge in [-0.05, 0) is 41.8 Å². The normalized spacial score (nSPS) is 11.1. The Bertz CT molecular complexity index is 946. The fourth-order valence-corrected chi connectivity index (χ4v) is 2.89. The van der Waals surface area contributed by atoms with E-state index in [-0.39, 0.29) is 25.7 Å². The minimum Gasteiger partial charge on any atom is -0.493 e. The van der Waals surface area contributed by atoms with E-state index in [2.05, 4.69) is 17.2 Å². The van der Waals surface area contributed by atoms with E-state index in [0.717, 1.165) is 11.1 Å². The van der Waals surface area contributed by atoms with Crippen LogP contribution in [-0.2, 0) is 27.3 Å². The van der Waals surface area contributed by atoms with Gasteiger partial charge in [0, 0.05) is 11.6 Å². The van der Waals surface area contributed by atoms with Crippen molar-refractivity contribution in [3.05, 3.63) is 58.6 Å². The van der Waals surface area contributed by atoms with Crippen LogP contribution in [0.25, 0.3) is 0 Å². The number of ether oxygens (including phenoxy) is 4. The Morgan fingerprint density at radius 2 is 1.78 bits per heavy atom. The summed E-state index contributed by atoms with van der Waals surface area (Å²) in [5.41, 5.74) is 1.91. The molecule has 0 aliphatic rings. The summed E-state index contributed by atoms with van der Waals surface area (Å²) in [5, 5.41) is 3.50. The van der Waals surface area contributed by atoms with Gasteiger partial charge < -0.3 is 24.3 Å². The first-order valence-electron chi connectivity index (χ1n) is 9.95. The van der Waals surface area contributed by atoms with Crippen molar-refractivity contribution in [3.63, 3.8) is 0 Å². The lowest BCUT2D eigenvalue weighted by Gasteiger charge is -2.17. The fraction of sp³-hybridized carbons (Fsp3) is 0.320. The van der Waals surface area contributed by atoms with E-state index in [1.165, 1.54) is 0 Å². The number of methoxy groups -OCH3 is 1. The zero-order chi connectivity index (χ0) is 23.2. The van der Waals surface area contributed by atoms with Crippen molar-refractivity contribution >= 4 is 17.5 Å². The first-order valence-corrected chi connectivity index (χ1v) is 10.3. The topological polar surface area (TPSA) is 66.0 Å². The van der Waals surface area contributed by atoms with Crippen LogP contribution in [0.1, 0.15) is 11.1 Å². The molecule has 0 radical (unpaired) electrons. The Balaban J connectivity index is 1.84. The summed E-state index contributed by atoms with van der Waals surface area (Å²) in [7, 11) is 1.56. The number of carbonyl (C=O) groups excluding carboxylic acids is 1. The van der Waals surface area contributed by atoms with Crippen LogP contribution in [-0.4, -0.2) is 45.5 Å². The molecule has 7 heteroatoms. The molecular formula is C25H26ClNO5. The van der Waals surface area contributed by atoms with Gasteiger partial charge >= 0.3 is 0 Å². The van der Waals surface area contributed by atoms with Gasteiger partial charge in [0.05, 0.1) is 20.3 Å². The highest BCUT2D eigenvalue weighted by atomic mass is 35.5. The molecule has 32 heavy (non-hydrogen) atoms. The molecule has 0 spiro atoms. The summed E-state index contributed by atoms with van der Waals surface area (Å²) in [6, 6.07) is 12.8. The summed E-state index contributed by atoms with van der Waals surface area (Å²) in [5.74, 6) is 5.64. The van der Waals surface area contributed by atoms with Crippen LogP contribution in [0.4, 0.5) is 0 Å². The van der Waals surface area contributed by atoms with Crippen LogP contribution in [0.5, 0.6) is 11.5 Å². The molecule has 0 aliphatic carbocycles. The van der Waals surface area contributed by atoms with Crippen molar-refractivity contribution in [3.8, 4) is 36.2 Å². The lowest BCUT2D eigenvalue weighted by molar-refractivity contribution is -0.136. The van der Waals surface area contributed by atoms with Crippen molar-refractivity contribution < 1.29 is 23.7 Å². The van der Waals surface area contributed by atoms with E-state index in [4.69, 9.17) is 43.4 Å². The lowest BCUT2D eigenvalue weighted by atomic mass is 10.1. The fourth-order valence-electron chi connectivity index (χ4n) is 2.76. The molecule has 0 heterocycles. The van der Waals surface area contributed by atoms with E-state index < -0.39 is 6.10 Å². The third-order valence-corrected chi connectivity index (χ3v) is 4.62. The average molecular weight is 456 g/mol. The van der Waals surface area contributed by atoms with Crippen molar-refractivity contribution in [2.45, 2.75) is 19.1 Å². The van der Waals surface area contributed by atoms with E-state index >= 15 is 0 Å². The molecule has 6 nitrogen and oxygen atoms in total. The molecule has 1 atom stereocenters. The largest absolute Gasteiger partial charge is 0.493 e. The van der Waals surface area contributed by atoms with Crippen LogP contribution >= 0.6 is 11.6 Å². The zero-order valence-corrected chi connectivity index (χ0v) is 18.7. The van der Waals surface area contributed by atoms with Crippen molar-refractivity contribution in [1.29, 1.82) is 0 Å². The van der Waals surface area contributed by atoms with Crippen LogP contribution in [0.3, 0.4) is 0 Å². The zero-order valence-electron chi connectivity index (χ0n) is 17.9. The maximum atomic E-state index is 12.6. The Morgan fingerprint density at radius 1 is 1.06 bits per heavy atom. The highest BCUT2D eigenvalue weighted by molar-refractivity contribution is 6.30. The first kappa shape index (κ1) is 25.1. The molecule has 1 N–H and O–H groups in total. The number of hydrogen-bond donors (Lipinski definition) is 1. The second-order valence-electron chi connectivity index (χ2n) is 6.66. The van der Waals surface area contributed by atoms with E-state index in [9.17, 15) is 4.79 Å². The molecule has 0 fully saturated rings. The van der Waals surface area contributed by atoms with E-state index in [1.54, 1.807) is 25.3 Å². The van der Waals surface area contributed by atoms with Gasteiger partial charge in [-0.25, -0.2) is 0 Å². The molecular weight excluding hydrogens is 430 g/mol. The van der Waals surface area contributed by atoms with Crippen molar-refractivity contribution in [2.24, 2.45) is 0 Å². The smallest absolute Gasteiger partial charge is 0.251 e. The minimum absolute atomic E-state index is 0.0126. The third kappa shape index (κ3) is 8.53. The Kier molecular flexibility index (Phi) is 11.0. The van der Waals surface area contributed by atoms with Gasteiger partial charge in [-0.2, -0.15) is 0 Å². The predicted octanol–water partition coefficient (Wildman–Crippen LogP) is 3.25. The molecule has 2 rings (SSSR count). The highest BCUT2D eigenvalue weighted by Gasteiger charge is 2.19. The minimum atomic E-state index is -0.813. The maximum Gasteiger partial charge on any atom is 0.251 e. The van der Waals surface area contributed by atoms with Crippen LogP contribution < -0.4 is 14.8 Å². The SMILES string of the molecule is C#CCOc1ccc(CCNC(=O)C(COCc2ccc(Cl)cc2)OCC#C)cc1OC. The standard InChI is InChI=1S/C25H26ClNO5/c1-4-14-31-22-11-8-19(16-23(22)29-3)12-13-27-25(28)24(32-15-5-2)18-30-17-20-6-9-21(26)10-7-20/h1-2,6-11,16,24H,12-15,17-18H2,3H3,(H,27,28). The molecule has 0 aliphatic heterocycles. The molecule has 168 valence electrons. The number of amides is 1. The van der Waals surface area contributed by atoms with Crippen molar-refractivity contribution in [2.75, 3.05) is 33.5 Å². The predicted molar refractivity (Wildman–Crippen MR) is 124 cm³/mol. The van der Waals surface area contributed by atoms with Gasteiger partial charge in [0.15, 0.2) is 17.6 Å². The molecule has 1 amide bonds. The van der Waals surface area contributed by atoms with Gasteiger partial charge in [-0.3, -0.25) is 4.79 Å². The second kappa shape index (κ2) is 14.0. The van der Waals surface area contributed by atoms with E-state index in [0.29, 0.717) is 36.1 Å². The molecule has 0 saturated carbocycles. The van der Waals surface area contributed by atoms with Gasteiger partial charge in [-0.1, -0.05) is 41.6 Å². The number of benzene rings is 2. The molecule has 0 saturated heterocycles. The molecule has 0 bridgehead atoms.